The van der Waals surface area contributed by atoms with Crippen molar-refractivity contribution in [2.24, 2.45) is 0 Å². The Morgan fingerprint density at radius 2 is 2.03 bits per heavy atom. The lowest BCUT2D eigenvalue weighted by atomic mass is 9.90. The van der Waals surface area contributed by atoms with E-state index in [2.05, 4.69) is 44.5 Å². The van der Waals surface area contributed by atoms with E-state index in [-0.39, 0.29) is 0 Å². The van der Waals surface area contributed by atoms with Crippen LogP contribution in [0.25, 0.3) is 32.9 Å². The lowest BCUT2D eigenvalue weighted by molar-refractivity contribution is 0.188. The van der Waals surface area contributed by atoms with Gasteiger partial charge in [0.1, 0.15) is 18.2 Å². The van der Waals surface area contributed by atoms with E-state index in [0.717, 1.165) is 113 Å². The van der Waals surface area contributed by atoms with E-state index >= 15 is 0 Å². The molecule has 4 aromatic rings. The Kier molecular flexibility index (Phi) is 6.45. The van der Waals surface area contributed by atoms with Crippen LogP contribution in [-0.2, 0) is 6.42 Å². The molecule has 2 fully saturated rings. The molecule has 0 amide bonds. The maximum Gasteiger partial charge on any atom is 0.319 e. The van der Waals surface area contributed by atoms with E-state index in [1.807, 2.05) is 13.1 Å². The number of anilines is 1. The third-order valence-corrected chi connectivity index (χ3v) is 8.94. The molecule has 1 atom stereocenters. The average Bonchev–Trinajstić information content (AvgIpc) is 3.60. The van der Waals surface area contributed by atoms with Gasteiger partial charge in [0.15, 0.2) is 0 Å². The summed E-state index contributed by atoms with van der Waals surface area (Å²) in [6, 6.07) is 5.02. The molecule has 7 rings (SSSR count). The highest BCUT2D eigenvalue weighted by atomic mass is 35.5. The lowest BCUT2D eigenvalue weighted by Gasteiger charge is -2.31. The normalized spacial score (nSPS) is 20.0. The fraction of sp³-hybridized carbons (Fsp3) is 0.483. The van der Waals surface area contributed by atoms with Crippen molar-refractivity contribution in [3.63, 3.8) is 0 Å². The Morgan fingerprint density at radius 3 is 2.85 bits per heavy atom. The number of hydrogen-bond donors (Lipinski definition) is 2. The van der Waals surface area contributed by atoms with Crippen molar-refractivity contribution in [1.29, 1.82) is 0 Å². The molecule has 9 nitrogen and oxygen atoms in total. The number of benzene rings is 2. The van der Waals surface area contributed by atoms with E-state index < -0.39 is 0 Å². The minimum Gasteiger partial charge on any atom is -0.492 e. The molecule has 0 saturated carbocycles. The third-order valence-electron chi connectivity index (χ3n) is 8.45. The Balaban J connectivity index is 1.44. The first kappa shape index (κ1) is 24.9. The number of H-pyrrole nitrogens is 1. The van der Waals surface area contributed by atoms with E-state index in [9.17, 15) is 0 Å². The zero-order chi connectivity index (χ0) is 26.5. The van der Waals surface area contributed by atoms with Gasteiger partial charge in [0.05, 0.1) is 34.2 Å². The van der Waals surface area contributed by atoms with Crippen molar-refractivity contribution in [2.75, 3.05) is 57.9 Å². The van der Waals surface area contributed by atoms with Crippen LogP contribution in [0.1, 0.15) is 30.4 Å². The molecule has 2 N–H and O–H groups in total. The highest BCUT2D eigenvalue weighted by molar-refractivity contribution is 6.36. The van der Waals surface area contributed by atoms with Crippen molar-refractivity contribution >= 4 is 39.2 Å². The van der Waals surface area contributed by atoms with Gasteiger partial charge in [0.25, 0.3) is 0 Å². The molecule has 2 saturated heterocycles. The maximum atomic E-state index is 7.02. The van der Waals surface area contributed by atoms with Crippen molar-refractivity contribution in [3.05, 3.63) is 34.5 Å². The van der Waals surface area contributed by atoms with Gasteiger partial charge in [-0.05, 0) is 69.5 Å². The molecule has 3 aliphatic rings. The van der Waals surface area contributed by atoms with Gasteiger partial charge in [-0.2, -0.15) is 15.1 Å². The molecule has 1 unspecified atom stereocenters. The van der Waals surface area contributed by atoms with Crippen LogP contribution in [0.2, 0.25) is 5.02 Å². The molecule has 0 bridgehead atoms. The van der Waals surface area contributed by atoms with Crippen LogP contribution in [-0.4, -0.2) is 84.1 Å². The molecule has 5 heterocycles. The van der Waals surface area contributed by atoms with Crippen LogP contribution in [0.15, 0.2) is 18.3 Å². The topological polar surface area (TPSA) is 91.4 Å². The zero-order valence-corrected chi connectivity index (χ0v) is 23.3. The predicted molar refractivity (Wildman–Crippen MR) is 154 cm³/mol. The molecule has 3 aliphatic heterocycles. The summed E-state index contributed by atoms with van der Waals surface area (Å²) >= 11 is 7.02. The van der Waals surface area contributed by atoms with Crippen LogP contribution < -0.4 is 19.7 Å². The number of likely N-dealkylation sites (N-methyl/N-ethyl adjacent to an activating group) is 1. The molecular formula is C29H34ClN7O2. The van der Waals surface area contributed by atoms with E-state index in [1.54, 1.807) is 0 Å². The predicted octanol–water partition coefficient (Wildman–Crippen LogP) is 4.34. The summed E-state index contributed by atoms with van der Waals surface area (Å²) in [5.41, 5.74) is 5.96. The Bertz CT molecular complexity index is 1550. The molecule has 0 aliphatic carbocycles. The van der Waals surface area contributed by atoms with Crippen LogP contribution >= 0.6 is 11.6 Å². The second-order valence-corrected chi connectivity index (χ2v) is 11.3. The summed E-state index contributed by atoms with van der Waals surface area (Å²) in [4.78, 5) is 14.7. The first-order valence-electron chi connectivity index (χ1n) is 14.0. The van der Waals surface area contributed by atoms with Gasteiger partial charge in [-0.15, -0.1) is 0 Å². The highest BCUT2D eigenvalue weighted by Gasteiger charge is 2.29. The van der Waals surface area contributed by atoms with Crippen LogP contribution in [0.3, 0.4) is 0 Å². The Morgan fingerprint density at radius 1 is 1.15 bits per heavy atom. The number of piperazine rings is 1. The number of hydrogen-bond acceptors (Lipinski definition) is 8. The van der Waals surface area contributed by atoms with Crippen LogP contribution in [0, 0.1) is 6.92 Å². The molecule has 2 aromatic heterocycles. The second-order valence-electron chi connectivity index (χ2n) is 10.9. The van der Waals surface area contributed by atoms with Crippen LogP contribution in [0.5, 0.6) is 11.8 Å². The smallest absolute Gasteiger partial charge is 0.319 e. The molecule has 0 spiro atoms. The molecule has 204 valence electrons. The number of aromatic nitrogens is 4. The zero-order valence-electron chi connectivity index (χ0n) is 22.5. The van der Waals surface area contributed by atoms with Gasteiger partial charge in [-0.25, -0.2) is 0 Å². The van der Waals surface area contributed by atoms with E-state index in [4.69, 9.17) is 31.0 Å². The molecule has 2 aromatic carbocycles. The fourth-order valence-electron chi connectivity index (χ4n) is 6.31. The number of nitrogens with zero attached hydrogens (tertiary/aromatic N) is 5. The summed E-state index contributed by atoms with van der Waals surface area (Å²) in [5.74, 6) is 1.77. The van der Waals surface area contributed by atoms with Gasteiger partial charge in [0, 0.05) is 48.7 Å². The number of halogens is 1. The first-order chi connectivity index (χ1) is 19.1. The number of fused-ring (bicyclic) bond motifs is 4. The average molecular weight is 548 g/mol. The number of likely N-dealkylation sites (tertiary alicyclic amines) is 1. The summed E-state index contributed by atoms with van der Waals surface area (Å²) in [5, 5.41) is 13.6. The Hall–Kier alpha value is -3.14. The molecular weight excluding hydrogens is 514 g/mol. The molecule has 10 heteroatoms. The number of aryl methyl sites for hydroxylation is 1. The minimum absolute atomic E-state index is 0.384. The quantitative estimate of drug-likeness (QED) is 0.381. The highest BCUT2D eigenvalue weighted by Crippen LogP contribution is 2.47. The largest absolute Gasteiger partial charge is 0.492 e. The lowest BCUT2D eigenvalue weighted by Crippen LogP contribution is -2.44. The molecule has 39 heavy (non-hydrogen) atoms. The Labute approximate surface area is 232 Å². The molecule has 0 radical (unpaired) electrons. The summed E-state index contributed by atoms with van der Waals surface area (Å²) in [7, 11) is 2.16. The first-order valence-corrected chi connectivity index (χ1v) is 14.4. The van der Waals surface area contributed by atoms with E-state index in [1.165, 1.54) is 6.42 Å². The summed E-state index contributed by atoms with van der Waals surface area (Å²) in [6.45, 7) is 7.94. The number of aromatic amines is 1. The summed E-state index contributed by atoms with van der Waals surface area (Å²) in [6.07, 6.45) is 6.03. The van der Waals surface area contributed by atoms with Crippen LogP contribution in [0.4, 0.5) is 5.82 Å². The second kappa shape index (κ2) is 10.1. The van der Waals surface area contributed by atoms with Gasteiger partial charge in [-0.3, -0.25) is 5.10 Å². The van der Waals surface area contributed by atoms with Crippen molar-refractivity contribution < 1.29 is 9.47 Å². The van der Waals surface area contributed by atoms with E-state index in [0.29, 0.717) is 25.3 Å². The fourth-order valence-corrected chi connectivity index (χ4v) is 6.57. The number of rotatable bonds is 5. The van der Waals surface area contributed by atoms with Gasteiger partial charge in [-0.1, -0.05) is 11.6 Å². The monoisotopic (exact) mass is 547 g/mol. The number of ether oxygens (including phenoxy) is 2. The van der Waals surface area contributed by atoms with Crippen molar-refractivity contribution in [2.45, 2.75) is 38.6 Å². The SMILES string of the molecule is Cc1cc2[nH]ncc2c(-c2cc3nc(OCC4CCCN4C)nc(N4CCNCC4)c3c3c2CCCO3)c1Cl. The maximum absolute atomic E-state index is 7.02. The van der Waals surface area contributed by atoms with Gasteiger partial charge >= 0.3 is 6.01 Å². The number of nitrogens with one attached hydrogen (secondary N) is 2. The third kappa shape index (κ3) is 4.37. The van der Waals surface area contributed by atoms with Gasteiger partial charge in [0.2, 0.25) is 0 Å². The van der Waals surface area contributed by atoms with Gasteiger partial charge < -0.3 is 24.6 Å². The van der Waals surface area contributed by atoms with Crippen molar-refractivity contribution in [3.8, 4) is 22.9 Å². The van der Waals surface area contributed by atoms with Crippen molar-refractivity contribution in [1.82, 2.24) is 30.4 Å². The summed E-state index contributed by atoms with van der Waals surface area (Å²) < 4.78 is 12.8. The minimum atomic E-state index is 0.384. The standard InChI is InChI=1S/C29H34ClN7O2/c1-17-13-22-21(15-32-35-22)24(26(17)30)20-14-23-25(27-19(20)6-4-12-38-27)28(37-10-7-31-8-11-37)34-29(33-23)39-16-18-5-3-9-36(18)2/h13-15,18,31H,3-12,16H2,1-2H3,(H,32,35).